The van der Waals surface area contributed by atoms with Gasteiger partial charge in [-0.1, -0.05) is 18.2 Å². The highest BCUT2D eigenvalue weighted by atomic mass is 32.2. The SMILES string of the molecule is [2H]C1C(=O)N2C1SC(C)(C)C2C.[2H]c1ccc([2H])c(OCC(N)=O)c1[2H]. The zero-order valence-corrected chi connectivity index (χ0v) is 13.6. The molecule has 22 heavy (non-hydrogen) atoms. The lowest BCUT2D eigenvalue weighted by molar-refractivity contribution is -0.143. The van der Waals surface area contributed by atoms with Crippen molar-refractivity contribution in [1.29, 1.82) is 0 Å². The molecule has 0 bridgehead atoms. The number of thioether (sulfide) groups is 1. The van der Waals surface area contributed by atoms with Crippen LogP contribution in [0.15, 0.2) is 30.3 Å². The van der Waals surface area contributed by atoms with E-state index in [1.165, 1.54) is 12.1 Å². The number of amides is 2. The second-order valence-electron chi connectivity index (χ2n) is 5.53. The van der Waals surface area contributed by atoms with Crippen molar-refractivity contribution >= 4 is 23.6 Å². The smallest absolute Gasteiger partial charge is 0.255 e. The molecule has 0 aliphatic carbocycles. The van der Waals surface area contributed by atoms with Crippen LogP contribution in [0, 0.1) is 0 Å². The highest BCUT2D eigenvalue weighted by Gasteiger charge is 2.53. The van der Waals surface area contributed by atoms with Crippen molar-refractivity contribution in [2.24, 2.45) is 5.73 Å². The van der Waals surface area contributed by atoms with Crippen LogP contribution in [0.4, 0.5) is 0 Å². The largest absolute Gasteiger partial charge is 0.484 e. The third-order valence-electron chi connectivity index (χ3n) is 3.59. The first-order valence-corrected chi connectivity index (χ1v) is 7.75. The molecule has 120 valence electrons. The van der Waals surface area contributed by atoms with E-state index < -0.39 is 12.3 Å². The average Bonchev–Trinajstić information content (AvgIpc) is 2.79. The third kappa shape index (κ3) is 3.74. The zero-order chi connectivity index (χ0) is 19.8. The monoisotopic (exact) mass is 326 g/mol. The molecule has 6 heteroatoms. The number of carbonyl (C=O) groups excluding carboxylic acids is 2. The fourth-order valence-corrected chi connectivity index (χ4v) is 3.62. The molecule has 2 amide bonds. The minimum atomic E-state index is -0.681. The van der Waals surface area contributed by atoms with Crippen LogP contribution in [0.5, 0.6) is 5.75 Å². The summed E-state index contributed by atoms with van der Waals surface area (Å²) in [6.07, 6.45) is -0.501. The third-order valence-corrected chi connectivity index (χ3v) is 5.14. The van der Waals surface area contributed by atoms with Crippen molar-refractivity contribution in [3.8, 4) is 5.75 Å². The van der Waals surface area contributed by atoms with Crippen LogP contribution in [0.3, 0.4) is 0 Å². The van der Waals surface area contributed by atoms with Crippen LogP contribution >= 0.6 is 11.8 Å². The van der Waals surface area contributed by atoms with E-state index in [4.69, 9.17) is 16.0 Å². The van der Waals surface area contributed by atoms with Gasteiger partial charge in [0.05, 0.1) is 15.9 Å². The number of fused-ring (bicyclic) bond motifs is 1. The predicted molar refractivity (Wildman–Crippen MR) is 87.5 cm³/mol. The number of hydrogen-bond donors (Lipinski definition) is 1. The van der Waals surface area contributed by atoms with Gasteiger partial charge in [-0.15, -0.1) is 11.8 Å². The summed E-state index contributed by atoms with van der Waals surface area (Å²) in [5.74, 6) is -0.763. The summed E-state index contributed by atoms with van der Waals surface area (Å²) >= 11 is 1.76. The minimum absolute atomic E-state index is 0.00516. The Morgan fingerprint density at radius 3 is 2.95 bits per heavy atom. The van der Waals surface area contributed by atoms with Gasteiger partial charge in [-0.25, -0.2) is 0 Å². The first kappa shape index (κ1) is 11.8. The van der Waals surface area contributed by atoms with Gasteiger partial charge in [0.15, 0.2) is 6.61 Å². The predicted octanol–water partition coefficient (Wildman–Crippen LogP) is 2.01. The molecule has 3 atom stereocenters. The second-order valence-corrected chi connectivity index (χ2v) is 7.30. The summed E-state index contributed by atoms with van der Waals surface area (Å²) in [5.41, 5.74) is 4.85. The van der Waals surface area contributed by atoms with Gasteiger partial charge in [0.2, 0.25) is 5.91 Å². The van der Waals surface area contributed by atoms with Crippen LogP contribution in [0.2, 0.25) is 0 Å². The Labute approximate surface area is 140 Å². The van der Waals surface area contributed by atoms with Gasteiger partial charge in [0.25, 0.3) is 5.91 Å². The molecule has 0 saturated carbocycles. The number of carbonyl (C=O) groups is 2. The first-order chi connectivity index (χ1) is 12.0. The lowest BCUT2D eigenvalue weighted by Gasteiger charge is -2.37. The van der Waals surface area contributed by atoms with Crippen molar-refractivity contribution in [2.45, 2.75) is 43.3 Å². The highest BCUT2D eigenvalue weighted by molar-refractivity contribution is 8.01. The number of primary amides is 1. The van der Waals surface area contributed by atoms with E-state index in [0.29, 0.717) is 0 Å². The van der Waals surface area contributed by atoms with E-state index in [1.807, 2.05) is 4.90 Å². The van der Waals surface area contributed by atoms with Gasteiger partial charge in [-0.3, -0.25) is 9.59 Å². The van der Waals surface area contributed by atoms with Gasteiger partial charge in [0.1, 0.15) is 5.75 Å². The molecule has 5 nitrogen and oxygen atoms in total. The maximum atomic E-state index is 11.3. The average molecular weight is 326 g/mol. The van der Waals surface area contributed by atoms with Gasteiger partial charge < -0.3 is 15.4 Å². The molecule has 1 aromatic carbocycles. The Morgan fingerprint density at radius 1 is 1.59 bits per heavy atom. The number of para-hydroxylation sites is 1. The second kappa shape index (κ2) is 6.60. The number of nitrogens with zero attached hydrogens (tertiary/aromatic N) is 1. The Hall–Kier alpha value is -1.69. The minimum Gasteiger partial charge on any atom is -0.484 e. The molecule has 2 heterocycles. The molecule has 0 aromatic heterocycles. The number of benzene rings is 1. The van der Waals surface area contributed by atoms with Crippen molar-refractivity contribution in [3.05, 3.63) is 30.3 Å². The standard InChI is InChI=1S/C8H9NO2.C8H13NOS/c9-8(10)6-11-7-4-2-1-3-5-7;1-5-8(2,3)11-7-4-6(10)9(5)7/h1-5H,6H2,(H2,9,10);5,7H,4H2,1-3H3/i2D,4D,5D;4D. The van der Waals surface area contributed by atoms with E-state index in [1.54, 1.807) is 11.8 Å². The van der Waals surface area contributed by atoms with Crippen LogP contribution in [-0.2, 0) is 9.59 Å². The van der Waals surface area contributed by atoms with E-state index in [0.717, 1.165) is 0 Å². The van der Waals surface area contributed by atoms with Crippen LogP contribution in [-0.4, -0.2) is 39.5 Å². The molecule has 1 aromatic rings. The Bertz CT molecular complexity index is 732. The molecule has 2 saturated heterocycles. The molecular formula is C16H22N2O3S. The summed E-state index contributed by atoms with van der Waals surface area (Å²) in [4.78, 5) is 23.5. The molecule has 3 unspecified atom stereocenters. The summed E-state index contributed by atoms with van der Waals surface area (Å²) in [7, 11) is 0. The molecule has 3 rings (SSSR count). The number of nitrogens with two attached hydrogens (primary N) is 1. The lowest BCUT2D eigenvalue weighted by Crippen LogP contribution is -2.52. The van der Waals surface area contributed by atoms with Gasteiger partial charge in [0, 0.05) is 12.2 Å². The van der Waals surface area contributed by atoms with Crippen molar-refractivity contribution in [3.63, 3.8) is 0 Å². The van der Waals surface area contributed by atoms with Gasteiger partial charge in [-0.2, -0.15) is 0 Å². The topological polar surface area (TPSA) is 72.6 Å². The van der Waals surface area contributed by atoms with Crippen LogP contribution < -0.4 is 10.5 Å². The fourth-order valence-electron chi connectivity index (χ4n) is 2.10. The summed E-state index contributed by atoms with van der Waals surface area (Å²) in [5, 5.41) is 0.127. The van der Waals surface area contributed by atoms with Crippen molar-refractivity contribution < 1.29 is 19.8 Å². The highest BCUT2D eigenvalue weighted by Crippen LogP contribution is 2.50. The summed E-state index contributed by atoms with van der Waals surface area (Å²) in [6.45, 7) is 5.96. The van der Waals surface area contributed by atoms with Crippen molar-refractivity contribution in [1.82, 2.24) is 4.90 Å². The summed E-state index contributed by atoms with van der Waals surface area (Å²) in [6, 6.07) is 2.63. The zero-order valence-electron chi connectivity index (χ0n) is 16.8. The van der Waals surface area contributed by atoms with E-state index in [-0.39, 0.29) is 52.6 Å². The molecule has 0 spiro atoms. The molecule has 2 aliphatic rings. The van der Waals surface area contributed by atoms with Crippen molar-refractivity contribution in [2.75, 3.05) is 6.61 Å². The quantitative estimate of drug-likeness (QED) is 0.863. The van der Waals surface area contributed by atoms with Gasteiger partial charge >= 0.3 is 0 Å². The van der Waals surface area contributed by atoms with Gasteiger partial charge in [-0.05, 0) is 32.9 Å². The maximum Gasteiger partial charge on any atom is 0.255 e. The Balaban J connectivity index is 0.000000189. The number of rotatable bonds is 3. The number of β-lactam (4-membered cyclic amide) rings is 1. The Kier molecular flexibility index (Phi) is 3.55. The molecule has 2 N–H and O–H groups in total. The maximum absolute atomic E-state index is 11.3. The molecule has 0 radical (unpaired) electrons. The normalized spacial score (nSPS) is 30.6. The Morgan fingerprint density at radius 2 is 2.32 bits per heavy atom. The number of hydrogen-bond acceptors (Lipinski definition) is 4. The van der Waals surface area contributed by atoms with E-state index in [9.17, 15) is 9.59 Å². The molecular weight excluding hydrogens is 300 g/mol. The summed E-state index contributed by atoms with van der Waals surface area (Å²) < 4.78 is 34.5. The van der Waals surface area contributed by atoms with Crippen LogP contribution in [0.25, 0.3) is 0 Å². The lowest BCUT2D eigenvalue weighted by atomic mass is 10.0. The molecule has 2 aliphatic heterocycles. The first-order valence-electron chi connectivity index (χ1n) is 8.95. The molecule has 2 fully saturated rings. The fraction of sp³-hybridized carbons (Fsp3) is 0.500. The van der Waals surface area contributed by atoms with E-state index in [2.05, 4.69) is 20.8 Å². The van der Waals surface area contributed by atoms with E-state index >= 15 is 0 Å². The number of ether oxygens (including phenoxy) is 1. The van der Waals surface area contributed by atoms with Crippen LogP contribution in [0.1, 0.15) is 32.7 Å².